The molecule has 2 atom stereocenters. The molecule has 1 amide bonds. The van der Waals surface area contributed by atoms with Gasteiger partial charge in [0.25, 0.3) is 0 Å². The van der Waals surface area contributed by atoms with Crippen LogP contribution < -0.4 is 10.6 Å². The van der Waals surface area contributed by atoms with Gasteiger partial charge in [0.1, 0.15) is 0 Å². The highest BCUT2D eigenvalue weighted by Crippen LogP contribution is 2.14. The number of rotatable bonds is 4. The van der Waals surface area contributed by atoms with Crippen molar-refractivity contribution in [3.63, 3.8) is 0 Å². The molecule has 0 spiro atoms. The van der Waals surface area contributed by atoms with Gasteiger partial charge in [-0.1, -0.05) is 0 Å². The molecule has 0 saturated carbocycles. The highest BCUT2D eigenvalue weighted by atomic mass is 16.1. The third-order valence-corrected chi connectivity index (χ3v) is 3.96. The fourth-order valence-electron chi connectivity index (χ4n) is 2.71. The van der Waals surface area contributed by atoms with E-state index in [4.69, 9.17) is 0 Å². The van der Waals surface area contributed by atoms with Crippen LogP contribution in [0.15, 0.2) is 0 Å². The zero-order valence-electron chi connectivity index (χ0n) is 10.9. The van der Waals surface area contributed by atoms with Gasteiger partial charge in [-0.25, -0.2) is 0 Å². The smallest absolute Gasteiger partial charge is 0.224 e. The first-order valence-electron chi connectivity index (χ1n) is 6.99. The summed E-state index contributed by atoms with van der Waals surface area (Å²) in [4.78, 5) is 14.3. The van der Waals surface area contributed by atoms with Crippen LogP contribution in [0.1, 0.15) is 32.6 Å². The fourth-order valence-corrected chi connectivity index (χ4v) is 2.71. The average molecular weight is 239 g/mol. The molecule has 4 heteroatoms. The summed E-state index contributed by atoms with van der Waals surface area (Å²) >= 11 is 0. The first-order valence-corrected chi connectivity index (χ1v) is 6.99. The third kappa shape index (κ3) is 3.96. The second-order valence-corrected chi connectivity index (χ2v) is 5.42. The predicted molar refractivity (Wildman–Crippen MR) is 68.9 cm³/mol. The number of piperidine rings is 1. The maximum Gasteiger partial charge on any atom is 0.224 e. The van der Waals surface area contributed by atoms with Crippen LogP contribution in [-0.4, -0.2) is 49.6 Å². The van der Waals surface area contributed by atoms with Gasteiger partial charge in [-0.05, 0) is 45.7 Å². The van der Waals surface area contributed by atoms with Crippen molar-refractivity contribution in [2.24, 2.45) is 5.92 Å². The number of nitrogens with one attached hydrogen (secondary N) is 2. The molecule has 0 aliphatic carbocycles. The number of hydrogen-bond donors (Lipinski definition) is 2. The van der Waals surface area contributed by atoms with E-state index >= 15 is 0 Å². The van der Waals surface area contributed by atoms with E-state index in [2.05, 4.69) is 22.5 Å². The molecule has 4 nitrogen and oxygen atoms in total. The van der Waals surface area contributed by atoms with E-state index in [1.807, 2.05) is 0 Å². The quantitative estimate of drug-likeness (QED) is 0.754. The van der Waals surface area contributed by atoms with Gasteiger partial charge in [-0.3, -0.25) is 4.79 Å². The molecule has 0 aromatic carbocycles. The lowest BCUT2D eigenvalue weighted by Crippen LogP contribution is -2.45. The van der Waals surface area contributed by atoms with E-state index in [0.717, 1.165) is 32.5 Å². The van der Waals surface area contributed by atoms with Gasteiger partial charge < -0.3 is 15.5 Å². The molecule has 2 saturated heterocycles. The highest BCUT2D eigenvalue weighted by Gasteiger charge is 2.23. The first-order chi connectivity index (χ1) is 8.25. The molecule has 2 fully saturated rings. The Hall–Kier alpha value is -0.610. The van der Waals surface area contributed by atoms with Crippen molar-refractivity contribution in [3.05, 3.63) is 0 Å². The topological polar surface area (TPSA) is 44.4 Å². The Balaban J connectivity index is 1.60. The van der Waals surface area contributed by atoms with Crippen LogP contribution in [-0.2, 0) is 4.79 Å². The maximum absolute atomic E-state index is 11.9. The van der Waals surface area contributed by atoms with E-state index in [1.165, 1.54) is 25.9 Å². The minimum Gasteiger partial charge on any atom is -0.355 e. The molecule has 2 aliphatic rings. The number of carbonyl (C=O) groups excluding carboxylic acids is 1. The van der Waals surface area contributed by atoms with Crippen molar-refractivity contribution in [1.82, 2.24) is 15.5 Å². The second-order valence-electron chi connectivity index (χ2n) is 5.42. The Morgan fingerprint density at radius 1 is 1.35 bits per heavy atom. The lowest BCUT2D eigenvalue weighted by Gasteiger charge is -2.27. The van der Waals surface area contributed by atoms with E-state index in [-0.39, 0.29) is 11.8 Å². The van der Waals surface area contributed by atoms with Crippen LogP contribution in [0, 0.1) is 5.92 Å². The normalized spacial score (nSPS) is 30.4. The summed E-state index contributed by atoms with van der Waals surface area (Å²) in [5.41, 5.74) is 0. The molecule has 2 unspecified atom stereocenters. The number of nitrogens with zero attached hydrogens (tertiary/aromatic N) is 1. The lowest BCUT2D eigenvalue weighted by molar-refractivity contribution is -0.125. The summed E-state index contributed by atoms with van der Waals surface area (Å²) in [6.07, 6.45) is 4.78. The summed E-state index contributed by atoms with van der Waals surface area (Å²) < 4.78 is 0. The third-order valence-electron chi connectivity index (χ3n) is 3.96. The van der Waals surface area contributed by atoms with Gasteiger partial charge in [0.15, 0.2) is 0 Å². The molecule has 0 bridgehead atoms. The number of hydrogen-bond acceptors (Lipinski definition) is 3. The molecular formula is C13H25N3O. The number of amides is 1. The van der Waals surface area contributed by atoms with Crippen LogP contribution in [0.5, 0.6) is 0 Å². The van der Waals surface area contributed by atoms with Gasteiger partial charge in [-0.15, -0.1) is 0 Å². The molecular weight excluding hydrogens is 214 g/mol. The van der Waals surface area contributed by atoms with E-state index in [1.54, 1.807) is 0 Å². The summed E-state index contributed by atoms with van der Waals surface area (Å²) in [6, 6.07) is 0.573. The van der Waals surface area contributed by atoms with Crippen molar-refractivity contribution >= 4 is 5.91 Å². The average Bonchev–Trinajstić information content (AvgIpc) is 2.83. The Bertz CT molecular complexity index is 243. The van der Waals surface area contributed by atoms with Crippen molar-refractivity contribution in [1.29, 1.82) is 0 Å². The summed E-state index contributed by atoms with van der Waals surface area (Å²) in [6.45, 7) is 7.27. The van der Waals surface area contributed by atoms with E-state index in [0.29, 0.717) is 6.04 Å². The summed E-state index contributed by atoms with van der Waals surface area (Å²) in [5.74, 6) is 0.424. The monoisotopic (exact) mass is 239 g/mol. The first kappa shape index (κ1) is 12.8. The van der Waals surface area contributed by atoms with Crippen molar-refractivity contribution < 1.29 is 4.79 Å². The standard InChI is InChI=1S/C13H25N3O/c1-11-4-5-12(10-15-11)13(17)14-6-9-16-7-2-3-8-16/h11-12,15H,2-10H2,1H3,(H,14,17). The van der Waals surface area contributed by atoms with Crippen LogP contribution in [0.4, 0.5) is 0 Å². The summed E-state index contributed by atoms with van der Waals surface area (Å²) in [7, 11) is 0. The van der Waals surface area contributed by atoms with Gasteiger partial charge in [0.2, 0.25) is 5.91 Å². The molecule has 0 aromatic heterocycles. The second kappa shape index (κ2) is 6.36. The number of likely N-dealkylation sites (tertiary alicyclic amines) is 1. The summed E-state index contributed by atoms with van der Waals surface area (Å²) in [5, 5.41) is 6.45. The Kier molecular flexibility index (Phi) is 4.80. The molecule has 2 rings (SSSR count). The molecule has 98 valence electrons. The van der Waals surface area contributed by atoms with Crippen LogP contribution >= 0.6 is 0 Å². The number of carbonyl (C=O) groups is 1. The largest absolute Gasteiger partial charge is 0.355 e. The Morgan fingerprint density at radius 3 is 2.76 bits per heavy atom. The van der Waals surface area contributed by atoms with Gasteiger partial charge in [0, 0.05) is 25.7 Å². The molecule has 17 heavy (non-hydrogen) atoms. The minimum absolute atomic E-state index is 0.185. The predicted octanol–water partition coefficient (Wildman–Crippen LogP) is 0.587. The Morgan fingerprint density at radius 2 is 2.12 bits per heavy atom. The maximum atomic E-state index is 11.9. The van der Waals surface area contributed by atoms with Gasteiger partial charge in [0.05, 0.1) is 5.92 Å². The fraction of sp³-hybridized carbons (Fsp3) is 0.923. The van der Waals surface area contributed by atoms with E-state index in [9.17, 15) is 4.79 Å². The molecule has 0 aromatic rings. The molecule has 2 heterocycles. The van der Waals surface area contributed by atoms with Crippen molar-refractivity contribution in [2.45, 2.75) is 38.6 Å². The SMILES string of the molecule is CC1CCC(C(=O)NCCN2CCCC2)CN1. The van der Waals surface area contributed by atoms with Crippen LogP contribution in [0.2, 0.25) is 0 Å². The van der Waals surface area contributed by atoms with E-state index < -0.39 is 0 Å². The Labute approximate surface area is 104 Å². The van der Waals surface area contributed by atoms with Crippen molar-refractivity contribution in [3.8, 4) is 0 Å². The lowest BCUT2D eigenvalue weighted by atomic mass is 9.95. The molecule has 2 N–H and O–H groups in total. The molecule has 0 radical (unpaired) electrons. The van der Waals surface area contributed by atoms with Gasteiger partial charge in [-0.2, -0.15) is 0 Å². The highest BCUT2D eigenvalue weighted by molar-refractivity contribution is 5.78. The zero-order chi connectivity index (χ0) is 12.1. The van der Waals surface area contributed by atoms with Gasteiger partial charge >= 0.3 is 0 Å². The zero-order valence-corrected chi connectivity index (χ0v) is 10.9. The van der Waals surface area contributed by atoms with Crippen LogP contribution in [0.3, 0.4) is 0 Å². The molecule has 2 aliphatic heterocycles. The van der Waals surface area contributed by atoms with Crippen molar-refractivity contribution in [2.75, 3.05) is 32.7 Å². The minimum atomic E-state index is 0.185. The van der Waals surface area contributed by atoms with Crippen LogP contribution in [0.25, 0.3) is 0 Å².